The Bertz CT molecular complexity index is 683. The number of hydrogen-bond donors (Lipinski definition) is 1. The van der Waals surface area contributed by atoms with Gasteiger partial charge in [0.2, 0.25) is 0 Å². The Balaban J connectivity index is 2.17. The first-order valence-corrected chi connectivity index (χ1v) is 5.92. The van der Waals surface area contributed by atoms with Crippen molar-refractivity contribution in [1.82, 2.24) is 9.38 Å². The van der Waals surface area contributed by atoms with E-state index in [9.17, 15) is 0 Å². The molecule has 2 aromatic heterocycles. The Hall–Kier alpha value is -2.13. The predicted octanol–water partition coefficient (Wildman–Crippen LogP) is 2.80. The molecule has 1 N–H and O–H groups in total. The number of aromatic nitrogens is 2. The van der Waals surface area contributed by atoms with E-state index < -0.39 is 0 Å². The zero-order valence-electron chi connectivity index (χ0n) is 10.2. The van der Waals surface area contributed by atoms with Crippen LogP contribution in [0.25, 0.3) is 16.8 Å². The zero-order chi connectivity index (χ0) is 12.5. The Morgan fingerprint density at radius 1 is 1.17 bits per heavy atom. The number of benzene rings is 1. The summed E-state index contributed by atoms with van der Waals surface area (Å²) in [6.45, 7) is 2.07. The molecule has 2 heterocycles. The summed E-state index contributed by atoms with van der Waals surface area (Å²) in [7, 11) is 0. The highest BCUT2D eigenvalue weighted by atomic mass is 16.3. The molecule has 0 aliphatic heterocycles. The molecule has 90 valence electrons. The standard InChI is InChI=1S/C15H14N2O/c1-11-9-17-8-2-3-14(15(17)16-11)13-6-4-12(10-18)5-7-13/h2-9,18H,10H2,1H3. The third kappa shape index (κ3) is 1.79. The number of aliphatic hydroxyl groups excluding tert-OH is 1. The van der Waals surface area contributed by atoms with E-state index in [1.54, 1.807) is 0 Å². The van der Waals surface area contributed by atoms with Gasteiger partial charge < -0.3 is 9.51 Å². The Morgan fingerprint density at radius 2 is 1.94 bits per heavy atom. The van der Waals surface area contributed by atoms with Gasteiger partial charge in [-0.1, -0.05) is 24.3 Å². The maximum Gasteiger partial charge on any atom is 0.144 e. The fourth-order valence-electron chi connectivity index (χ4n) is 2.15. The summed E-state index contributed by atoms with van der Waals surface area (Å²) in [5.74, 6) is 0. The quantitative estimate of drug-likeness (QED) is 0.745. The molecule has 1 aromatic carbocycles. The molecular formula is C15H14N2O. The zero-order valence-corrected chi connectivity index (χ0v) is 10.2. The normalized spacial score (nSPS) is 11.0. The van der Waals surface area contributed by atoms with Gasteiger partial charge in [0.1, 0.15) is 5.65 Å². The highest BCUT2D eigenvalue weighted by Gasteiger charge is 2.06. The van der Waals surface area contributed by atoms with Crippen LogP contribution in [0.1, 0.15) is 11.3 Å². The van der Waals surface area contributed by atoms with Crippen molar-refractivity contribution in [2.24, 2.45) is 0 Å². The molecule has 18 heavy (non-hydrogen) atoms. The lowest BCUT2D eigenvalue weighted by Crippen LogP contribution is -1.88. The van der Waals surface area contributed by atoms with Crippen LogP contribution in [0.4, 0.5) is 0 Å². The van der Waals surface area contributed by atoms with E-state index in [0.29, 0.717) is 0 Å². The molecule has 0 aliphatic carbocycles. The molecule has 0 fully saturated rings. The van der Waals surface area contributed by atoms with Gasteiger partial charge in [0.25, 0.3) is 0 Å². The molecule has 3 rings (SSSR count). The largest absolute Gasteiger partial charge is 0.392 e. The highest BCUT2D eigenvalue weighted by molar-refractivity contribution is 5.77. The van der Waals surface area contributed by atoms with Gasteiger partial charge in [0.15, 0.2) is 0 Å². The monoisotopic (exact) mass is 238 g/mol. The van der Waals surface area contributed by atoms with Crippen molar-refractivity contribution in [1.29, 1.82) is 0 Å². The van der Waals surface area contributed by atoms with Gasteiger partial charge in [0.05, 0.1) is 12.3 Å². The first kappa shape index (κ1) is 11.0. The van der Waals surface area contributed by atoms with Gasteiger partial charge in [-0.3, -0.25) is 0 Å². The molecule has 3 heteroatoms. The number of nitrogens with zero attached hydrogens (tertiary/aromatic N) is 2. The number of aryl methyl sites for hydroxylation is 1. The van der Waals surface area contributed by atoms with Gasteiger partial charge in [0, 0.05) is 18.0 Å². The first-order valence-electron chi connectivity index (χ1n) is 5.92. The lowest BCUT2D eigenvalue weighted by molar-refractivity contribution is 0.282. The SMILES string of the molecule is Cc1cn2cccc(-c3ccc(CO)cc3)c2n1. The Labute approximate surface area is 105 Å². The molecule has 0 amide bonds. The van der Waals surface area contributed by atoms with E-state index in [-0.39, 0.29) is 6.61 Å². The second kappa shape index (κ2) is 4.27. The van der Waals surface area contributed by atoms with Gasteiger partial charge >= 0.3 is 0 Å². The summed E-state index contributed by atoms with van der Waals surface area (Å²) in [4.78, 5) is 4.55. The smallest absolute Gasteiger partial charge is 0.144 e. The van der Waals surface area contributed by atoms with E-state index in [1.165, 1.54) is 0 Å². The van der Waals surface area contributed by atoms with Crippen molar-refractivity contribution >= 4 is 5.65 Å². The summed E-state index contributed by atoms with van der Waals surface area (Å²) in [6, 6.07) is 12.0. The van der Waals surface area contributed by atoms with E-state index >= 15 is 0 Å². The van der Waals surface area contributed by atoms with Crippen LogP contribution in [0.2, 0.25) is 0 Å². The van der Waals surface area contributed by atoms with Gasteiger partial charge in [-0.2, -0.15) is 0 Å². The molecule has 0 atom stereocenters. The average molecular weight is 238 g/mol. The number of rotatable bonds is 2. The molecule has 0 bridgehead atoms. The van der Waals surface area contributed by atoms with Crippen LogP contribution in [0.3, 0.4) is 0 Å². The van der Waals surface area contributed by atoms with Crippen molar-refractivity contribution in [3.8, 4) is 11.1 Å². The molecule has 0 spiro atoms. The minimum Gasteiger partial charge on any atom is -0.392 e. The molecule has 0 radical (unpaired) electrons. The number of imidazole rings is 1. The minimum absolute atomic E-state index is 0.0764. The number of fused-ring (bicyclic) bond motifs is 1. The summed E-state index contributed by atoms with van der Waals surface area (Å²) in [5.41, 5.74) is 5.12. The van der Waals surface area contributed by atoms with Crippen molar-refractivity contribution in [3.63, 3.8) is 0 Å². The van der Waals surface area contributed by atoms with Crippen molar-refractivity contribution in [2.75, 3.05) is 0 Å². The van der Waals surface area contributed by atoms with Crippen LogP contribution in [0.5, 0.6) is 0 Å². The fourth-order valence-corrected chi connectivity index (χ4v) is 2.15. The molecular weight excluding hydrogens is 224 g/mol. The minimum atomic E-state index is 0.0764. The van der Waals surface area contributed by atoms with Gasteiger partial charge in [-0.05, 0) is 30.2 Å². The molecule has 0 unspecified atom stereocenters. The van der Waals surface area contributed by atoms with Crippen molar-refractivity contribution in [3.05, 3.63) is 60.0 Å². The topological polar surface area (TPSA) is 37.5 Å². The number of hydrogen-bond acceptors (Lipinski definition) is 2. The highest BCUT2D eigenvalue weighted by Crippen LogP contribution is 2.24. The van der Waals surface area contributed by atoms with Crippen LogP contribution in [-0.4, -0.2) is 14.5 Å². The van der Waals surface area contributed by atoms with E-state index in [2.05, 4.69) is 11.1 Å². The third-order valence-corrected chi connectivity index (χ3v) is 3.05. The maximum atomic E-state index is 9.06. The summed E-state index contributed by atoms with van der Waals surface area (Å²) in [5, 5.41) is 9.06. The molecule has 0 saturated carbocycles. The van der Waals surface area contributed by atoms with E-state index in [1.807, 2.05) is 54.0 Å². The van der Waals surface area contributed by atoms with Crippen LogP contribution >= 0.6 is 0 Å². The Kier molecular flexibility index (Phi) is 2.61. The second-order valence-corrected chi connectivity index (χ2v) is 4.39. The first-order chi connectivity index (χ1) is 8.78. The summed E-state index contributed by atoms with van der Waals surface area (Å²) < 4.78 is 2.03. The van der Waals surface area contributed by atoms with Crippen LogP contribution in [0, 0.1) is 6.92 Å². The lowest BCUT2D eigenvalue weighted by Gasteiger charge is -2.04. The fraction of sp³-hybridized carbons (Fsp3) is 0.133. The molecule has 3 nitrogen and oxygen atoms in total. The molecule has 3 aromatic rings. The van der Waals surface area contributed by atoms with Crippen LogP contribution < -0.4 is 0 Å². The van der Waals surface area contributed by atoms with Crippen LogP contribution in [0.15, 0.2) is 48.8 Å². The molecule has 0 aliphatic rings. The summed E-state index contributed by atoms with van der Waals surface area (Å²) in [6.07, 6.45) is 4.02. The average Bonchev–Trinajstić information content (AvgIpc) is 2.79. The molecule has 0 saturated heterocycles. The maximum absolute atomic E-state index is 9.06. The number of pyridine rings is 1. The Morgan fingerprint density at radius 3 is 2.67 bits per heavy atom. The second-order valence-electron chi connectivity index (χ2n) is 4.39. The van der Waals surface area contributed by atoms with Crippen LogP contribution in [-0.2, 0) is 6.61 Å². The van der Waals surface area contributed by atoms with Gasteiger partial charge in [-0.15, -0.1) is 0 Å². The number of aliphatic hydroxyl groups is 1. The van der Waals surface area contributed by atoms with E-state index in [0.717, 1.165) is 28.0 Å². The van der Waals surface area contributed by atoms with Crippen molar-refractivity contribution < 1.29 is 5.11 Å². The summed E-state index contributed by atoms with van der Waals surface area (Å²) >= 11 is 0. The van der Waals surface area contributed by atoms with Gasteiger partial charge in [-0.25, -0.2) is 4.98 Å². The van der Waals surface area contributed by atoms with Crippen molar-refractivity contribution in [2.45, 2.75) is 13.5 Å². The predicted molar refractivity (Wildman–Crippen MR) is 71.3 cm³/mol. The third-order valence-electron chi connectivity index (χ3n) is 3.05. The lowest BCUT2D eigenvalue weighted by atomic mass is 10.1. The van der Waals surface area contributed by atoms with E-state index in [4.69, 9.17) is 5.11 Å².